The second-order valence-electron chi connectivity index (χ2n) is 4.50. The molecule has 19 heavy (non-hydrogen) atoms. The molecular formula is C16H22N2O. The SMILES string of the molecule is C=Cc1cccc(NC(=C)CCCCNC(C)=O)c1. The van der Waals surface area contributed by atoms with Crippen LogP contribution in [0.2, 0.25) is 0 Å². The number of amides is 1. The fourth-order valence-electron chi connectivity index (χ4n) is 1.74. The summed E-state index contributed by atoms with van der Waals surface area (Å²) in [5, 5.41) is 6.07. The summed E-state index contributed by atoms with van der Waals surface area (Å²) < 4.78 is 0. The Bertz CT molecular complexity index is 452. The Labute approximate surface area is 115 Å². The smallest absolute Gasteiger partial charge is 0.216 e. The van der Waals surface area contributed by atoms with Gasteiger partial charge in [0.15, 0.2) is 0 Å². The van der Waals surface area contributed by atoms with Crippen molar-refractivity contribution in [3.05, 3.63) is 48.7 Å². The summed E-state index contributed by atoms with van der Waals surface area (Å²) in [7, 11) is 0. The maximum absolute atomic E-state index is 10.7. The van der Waals surface area contributed by atoms with E-state index in [1.165, 1.54) is 6.92 Å². The van der Waals surface area contributed by atoms with Gasteiger partial charge in [0.1, 0.15) is 0 Å². The molecule has 0 aliphatic carbocycles. The Kier molecular flexibility index (Phi) is 6.44. The second-order valence-corrected chi connectivity index (χ2v) is 4.50. The van der Waals surface area contributed by atoms with Gasteiger partial charge in [-0.3, -0.25) is 4.79 Å². The van der Waals surface area contributed by atoms with Crippen LogP contribution in [-0.4, -0.2) is 12.5 Å². The zero-order chi connectivity index (χ0) is 14.1. The summed E-state index contributed by atoms with van der Waals surface area (Å²) >= 11 is 0. The number of allylic oxidation sites excluding steroid dienone is 1. The molecule has 0 aliphatic rings. The normalized spacial score (nSPS) is 9.74. The van der Waals surface area contributed by atoms with Gasteiger partial charge < -0.3 is 10.6 Å². The maximum Gasteiger partial charge on any atom is 0.216 e. The van der Waals surface area contributed by atoms with Gasteiger partial charge >= 0.3 is 0 Å². The molecular weight excluding hydrogens is 236 g/mol. The molecule has 0 saturated carbocycles. The first kappa shape index (κ1) is 15.0. The number of hydrogen-bond acceptors (Lipinski definition) is 2. The average molecular weight is 258 g/mol. The van der Waals surface area contributed by atoms with Gasteiger partial charge in [0.25, 0.3) is 0 Å². The molecule has 0 aliphatic heterocycles. The van der Waals surface area contributed by atoms with Crippen molar-refractivity contribution >= 4 is 17.7 Å². The van der Waals surface area contributed by atoms with Crippen molar-refractivity contribution in [3.63, 3.8) is 0 Å². The van der Waals surface area contributed by atoms with Crippen molar-refractivity contribution in [2.24, 2.45) is 0 Å². The van der Waals surface area contributed by atoms with Gasteiger partial charge in [0.2, 0.25) is 5.91 Å². The van der Waals surface area contributed by atoms with Crippen LogP contribution in [0.25, 0.3) is 6.08 Å². The molecule has 0 fully saturated rings. The minimum absolute atomic E-state index is 0.0261. The molecule has 1 amide bonds. The molecule has 2 N–H and O–H groups in total. The summed E-state index contributed by atoms with van der Waals surface area (Å²) in [6.45, 7) is 10.0. The highest BCUT2D eigenvalue weighted by Crippen LogP contribution is 2.15. The number of hydrogen-bond donors (Lipinski definition) is 2. The van der Waals surface area contributed by atoms with Gasteiger partial charge in [-0.1, -0.05) is 31.4 Å². The van der Waals surface area contributed by atoms with E-state index in [0.29, 0.717) is 0 Å². The molecule has 0 saturated heterocycles. The highest BCUT2D eigenvalue weighted by atomic mass is 16.1. The van der Waals surface area contributed by atoms with E-state index < -0.39 is 0 Å². The molecule has 1 aromatic carbocycles. The first-order chi connectivity index (χ1) is 9.11. The van der Waals surface area contributed by atoms with Crippen LogP contribution in [0.3, 0.4) is 0 Å². The fraction of sp³-hybridized carbons (Fsp3) is 0.312. The Morgan fingerprint density at radius 2 is 2.16 bits per heavy atom. The highest BCUT2D eigenvalue weighted by molar-refractivity contribution is 5.72. The predicted molar refractivity (Wildman–Crippen MR) is 81.8 cm³/mol. The number of carbonyl (C=O) groups is 1. The van der Waals surface area contributed by atoms with Gasteiger partial charge in [-0.05, 0) is 37.0 Å². The van der Waals surface area contributed by atoms with E-state index in [1.807, 2.05) is 30.3 Å². The van der Waals surface area contributed by atoms with Crippen LogP contribution in [-0.2, 0) is 4.79 Å². The van der Waals surface area contributed by atoms with Gasteiger partial charge in [-0.2, -0.15) is 0 Å². The first-order valence-electron chi connectivity index (χ1n) is 6.53. The van der Waals surface area contributed by atoms with E-state index in [0.717, 1.165) is 42.8 Å². The van der Waals surface area contributed by atoms with Crippen molar-refractivity contribution < 1.29 is 4.79 Å². The Morgan fingerprint density at radius 3 is 2.84 bits per heavy atom. The molecule has 0 bridgehead atoms. The summed E-state index contributed by atoms with van der Waals surface area (Å²) in [6, 6.07) is 8.04. The molecule has 0 atom stereocenters. The first-order valence-corrected chi connectivity index (χ1v) is 6.53. The van der Waals surface area contributed by atoms with Crippen LogP contribution in [0.1, 0.15) is 31.7 Å². The minimum Gasteiger partial charge on any atom is -0.359 e. The van der Waals surface area contributed by atoms with Crippen molar-refractivity contribution in [2.75, 3.05) is 11.9 Å². The zero-order valence-electron chi connectivity index (χ0n) is 11.5. The lowest BCUT2D eigenvalue weighted by Gasteiger charge is -2.10. The third kappa shape index (κ3) is 6.46. The van der Waals surface area contributed by atoms with E-state index in [9.17, 15) is 4.79 Å². The van der Waals surface area contributed by atoms with E-state index in [1.54, 1.807) is 0 Å². The largest absolute Gasteiger partial charge is 0.359 e. The molecule has 1 aromatic rings. The number of carbonyl (C=O) groups excluding carboxylic acids is 1. The molecule has 102 valence electrons. The third-order valence-electron chi connectivity index (χ3n) is 2.72. The Hall–Kier alpha value is -2.03. The zero-order valence-corrected chi connectivity index (χ0v) is 11.5. The molecule has 3 nitrogen and oxygen atoms in total. The monoisotopic (exact) mass is 258 g/mol. The van der Waals surface area contributed by atoms with Crippen molar-refractivity contribution in [3.8, 4) is 0 Å². The topological polar surface area (TPSA) is 41.1 Å². The van der Waals surface area contributed by atoms with Gasteiger partial charge in [0, 0.05) is 24.9 Å². The minimum atomic E-state index is 0.0261. The number of unbranched alkanes of at least 4 members (excludes halogenated alkanes) is 1. The number of anilines is 1. The number of benzene rings is 1. The van der Waals surface area contributed by atoms with Crippen LogP contribution in [0.15, 0.2) is 43.1 Å². The molecule has 0 aromatic heterocycles. The van der Waals surface area contributed by atoms with Crippen LogP contribution in [0.4, 0.5) is 5.69 Å². The second kappa shape index (κ2) is 8.14. The van der Waals surface area contributed by atoms with Crippen LogP contribution >= 0.6 is 0 Å². The van der Waals surface area contributed by atoms with Gasteiger partial charge in [-0.15, -0.1) is 0 Å². The van der Waals surface area contributed by atoms with Crippen molar-refractivity contribution in [1.82, 2.24) is 5.32 Å². The molecule has 0 spiro atoms. The third-order valence-corrected chi connectivity index (χ3v) is 2.72. The van der Waals surface area contributed by atoms with Crippen molar-refractivity contribution in [2.45, 2.75) is 26.2 Å². The summed E-state index contributed by atoms with van der Waals surface area (Å²) in [5.41, 5.74) is 3.11. The lowest BCUT2D eigenvalue weighted by atomic mass is 10.1. The summed E-state index contributed by atoms with van der Waals surface area (Å²) in [5.74, 6) is 0.0261. The standard InChI is InChI=1S/C16H22N2O/c1-4-15-9-7-10-16(12-15)18-13(2)8-5-6-11-17-14(3)19/h4,7,9-10,12,18H,1-2,5-6,8,11H2,3H3,(H,17,19). The van der Waals surface area contributed by atoms with E-state index in [-0.39, 0.29) is 5.91 Å². The summed E-state index contributed by atoms with van der Waals surface area (Å²) in [4.78, 5) is 10.7. The van der Waals surface area contributed by atoms with Gasteiger partial charge in [0.05, 0.1) is 0 Å². The van der Waals surface area contributed by atoms with E-state index in [4.69, 9.17) is 0 Å². The lowest BCUT2D eigenvalue weighted by molar-refractivity contribution is -0.118. The fourth-order valence-corrected chi connectivity index (χ4v) is 1.74. The van der Waals surface area contributed by atoms with Crippen molar-refractivity contribution in [1.29, 1.82) is 0 Å². The van der Waals surface area contributed by atoms with Crippen LogP contribution in [0.5, 0.6) is 0 Å². The average Bonchev–Trinajstić information content (AvgIpc) is 2.38. The van der Waals surface area contributed by atoms with Crippen LogP contribution in [0, 0.1) is 0 Å². The Morgan fingerprint density at radius 1 is 1.37 bits per heavy atom. The van der Waals surface area contributed by atoms with E-state index in [2.05, 4.69) is 23.8 Å². The number of rotatable bonds is 8. The number of nitrogens with one attached hydrogen (secondary N) is 2. The molecule has 0 heterocycles. The van der Waals surface area contributed by atoms with E-state index >= 15 is 0 Å². The molecule has 0 unspecified atom stereocenters. The van der Waals surface area contributed by atoms with Gasteiger partial charge in [-0.25, -0.2) is 0 Å². The predicted octanol–water partition coefficient (Wildman–Crippen LogP) is 3.56. The molecule has 0 radical (unpaired) electrons. The highest BCUT2D eigenvalue weighted by Gasteiger charge is 1.98. The lowest BCUT2D eigenvalue weighted by Crippen LogP contribution is -2.20. The maximum atomic E-state index is 10.7. The quantitative estimate of drug-likeness (QED) is 0.700. The molecule has 1 rings (SSSR count). The summed E-state index contributed by atoms with van der Waals surface area (Å²) in [6.07, 6.45) is 4.69. The van der Waals surface area contributed by atoms with Crippen LogP contribution < -0.4 is 10.6 Å². The molecule has 3 heteroatoms. The Balaban J connectivity index is 2.27.